The monoisotopic (exact) mass is 454 g/mol. The fourth-order valence-electron chi connectivity index (χ4n) is 3.79. The third-order valence-electron chi connectivity index (χ3n) is 5.37. The lowest BCUT2D eigenvalue weighted by molar-refractivity contribution is -0.130. The number of aliphatic hydroxyl groups is 1. The Kier molecular flexibility index (Phi) is 5.95. The molecule has 0 spiro atoms. The largest absolute Gasteiger partial charge is 0.508 e. The number of amides is 1. The van der Waals surface area contributed by atoms with E-state index in [0.29, 0.717) is 17.0 Å². The Morgan fingerprint density at radius 1 is 1.06 bits per heavy atom. The van der Waals surface area contributed by atoms with Crippen LogP contribution in [0.1, 0.15) is 32.2 Å². The first-order valence-electron chi connectivity index (χ1n) is 9.69. The van der Waals surface area contributed by atoms with Gasteiger partial charge in [-0.1, -0.05) is 24.3 Å². The summed E-state index contributed by atoms with van der Waals surface area (Å²) in [5.41, 5.74) is 0.723. The summed E-state index contributed by atoms with van der Waals surface area (Å²) in [6.45, 7) is 0.295. The van der Waals surface area contributed by atoms with Crippen LogP contribution in [0.15, 0.2) is 70.6 Å². The van der Waals surface area contributed by atoms with Crippen molar-refractivity contribution < 1.29 is 19.8 Å². The quantitative estimate of drug-likeness (QED) is 0.518. The highest BCUT2D eigenvalue weighted by molar-refractivity contribution is 7.12. The molecular weight excluding hydrogens is 432 g/mol. The van der Waals surface area contributed by atoms with Crippen LogP contribution in [0.5, 0.6) is 5.75 Å². The standard InChI is InChI=1S/C23H22N2O4S2/c1-24(2)16(17-5-3-11-30-17)13-25-20(14-7-9-15(26)10-8-14)19(22(28)23(25)29)21(27)18-6-4-12-31-18/h3-12,16,20,26,28H,13H2,1-2H3/t16-,20+/m1/s1. The van der Waals surface area contributed by atoms with Crippen molar-refractivity contribution in [3.05, 3.63) is 85.9 Å². The van der Waals surface area contributed by atoms with Gasteiger partial charge in [-0.25, -0.2) is 0 Å². The molecule has 3 heterocycles. The average molecular weight is 455 g/mol. The number of ketones is 1. The minimum atomic E-state index is -0.745. The van der Waals surface area contributed by atoms with Gasteiger partial charge in [0.25, 0.3) is 5.91 Å². The van der Waals surface area contributed by atoms with E-state index in [9.17, 15) is 19.8 Å². The predicted molar refractivity (Wildman–Crippen MR) is 122 cm³/mol. The summed E-state index contributed by atoms with van der Waals surface area (Å²) in [6, 6.07) is 13.0. The molecule has 1 aliphatic heterocycles. The molecule has 1 aromatic carbocycles. The Bertz CT molecular complexity index is 1100. The van der Waals surface area contributed by atoms with E-state index in [0.717, 1.165) is 4.88 Å². The molecule has 8 heteroatoms. The molecule has 0 aliphatic carbocycles. The molecule has 2 atom stereocenters. The summed E-state index contributed by atoms with van der Waals surface area (Å²) < 4.78 is 0. The van der Waals surface area contributed by atoms with Crippen LogP contribution in [0.4, 0.5) is 0 Å². The third kappa shape index (κ3) is 4.01. The normalized spacial score (nSPS) is 17.6. The lowest BCUT2D eigenvalue weighted by Crippen LogP contribution is -2.38. The van der Waals surface area contributed by atoms with E-state index >= 15 is 0 Å². The Morgan fingerprint density at radius 2 is 1.74 bits per heavy atom. The number of carbonyl (C=O) groups excluding carboxylic acids is 2. The van der Waals surface area contributed by atoms with Gasteiger partial charge in [-0.3, -0.25) is 9.59 Å². The van der Waals surface area contributed by atoms with Gasteiger partial charge in [0.15, 0.2) is 5.76 Å². The van der Waals surface area contributed by atoms with Crippen molar-refractivity contribution in [3.8, 4) is 5.75 Å². The molecule has 31 heavy (non-hydrogen) atoms. The van der Waals surface area contributed by atoms with Crippen molar-refractivity contribution in [2.75, 3.05) is 20.6 Å². The second-order valence-electron chi connectivity index (χ2n) is 7.52. The molecule has 1 aliphatic rings. The molecule has 0 saturated heterocycles. The molecule has 3 aromatic rings. The first-order valence-corrected chi connectivity index (χ1v) is 11.5. The molecule has 1 amide bonds. The van der Waals surface area contributed by atoms with E-state index in [1.807, 2.05) is 36.5 Å². The number of aromatic hydroxyl groups is 1. The molecule has 160 valence electrons. The highest BCUT2D eigenvalue weighted by Crippen LogP contribution is 2.41. The molecule has 0 saturated carbocycles. The van der Waals surface area contributed by atoms with Crippen molar-refractivity contribution in [1.82, 2.24) is 9.80 Å². The number of phenolic OH excluding ortho intramolecular Hbond substituents is 1. The fourth-order valence-corrected chi connectivity index (χ4v) is 5.38. The van der Waals surface area contributed by atoms with Crippen molar-refractivity contribution in [2.45, 2.75) is 12.1 Å². The third-order valence-corrected chi connectivity index (χ3v) is 7.21. The Morgan fingerprint density at radius 3 is 2.32 bits per heavy atom. The van der Waals surface area contributed by atoms with Gasteiger partial charge < -0.3 is 20.0 Å². The van der Waals surface area contributed by atoms with E-state index < -0.39 is 17.7 Å². The van der Waals surface area contributed by atoms with Gasteiger partial charge in [-0.15, -0.1) is 22.7 Å². The van der Waals surface area contributed by atoms with E-state index in [-0.39, 0.29) is 23.1 Å². The SMILES string of the molecule is CN(C)[C@H](CN1C(=O)C(O)=C(C(=O)c2cccs2)[C@@H]1c1ccc(O)cc1)c1cccs1. The number of phenols is 1. The van der Waals surface area contributed by atoms with Gasteiger partial charge in [0.2, 0.25) is 5.78 Å². The number of hydrogen-bond acceptors (Lipinski definition) is 7. The molecule has 2 aromatic heterocycles. The number of benzene rings is 1. The first kappa shape index (κ1) is 21.3. The molecular formula is C23H22N2O4S2. The van der Waals surface area contributed by atoms with Crippen LogP contribution < -0.4 is 0 Å². The summed E-state index contributed by atoms with van der Waals surface area (Å²) in [5.74, 6) is -1.36. The Balaban J connectivity index is 1.78. The maximum atomic E-state index is 13.3. The number of nitrogens with zero attached hydrogens (tertiary/aromatic N) is 2. The number of aliphatic hydroxyl groups excluding tert-OH is 1. The number of carbonyl (C=O) groups is 2. The smallest absolute Gasteiger partial charge is 0.290 e. The van der Waals surface area contributed by atoms with E-state index in [2.05, 4.69) is 0 Å². The number of rotatable bonds is 7. The molecule has 6 nitrogen and oxygen atoms in total. The molecule has 2 N–H and O–H groups in total. The van der Waals surface area contributed by atoms with Gasteiger partial charge in [0.1, 0.15) is 5.75 Å². The van der Waals surface area contributed by atoms with Gasteiger partial charge in [0, 0.05) is 11.4 Å². The lowest BCUT2D eigenvalue weighted by Gasteiger charge is -2.33. The number of thiophene rings is 2. The zero-order valence-electron chi connectivity index (χ0n) is 17.1. The highest BCUT2D eigenvalue weighted by Gasteiger charge is 2.45. The van der Waals surface area contributed by atoms with E-state index in [1.54, 1.807) is 45.9 Å². The van der Waals surface area contributed by atoms with Gasteiger partial charge in [-0.05, 0) is 54.7 Å². The second kappa shape index (κ2) is 8.66. The van der Waals surface area contributed by atoms with Crippen LogP contribution in [0, 0.1) is 0 Å². The maximum absolute atomic E-state index is 13.3. The molecule has 0 unspecified atom stereocenters. The van der Waals surface area contributed by atoms with Crippen LogP contribution >= 0.6 is 22.7 Å². The van der Waals surface area contributed by atoms with E-state index in [4.69, 9.17) is 0 Å². The zero-order chi connectivity index (χ0) is 22.1. The minimum Gasteiger partial charge on any atom is -0.508 e. The molecule has 0 fully saturated rings. The summed E-state index contributed by atoms with van der Waals surface area (Å²) in [5, 5.41) is 24.3. The summed E-state index contributed by atoms with van der Waals surface area (Å²) >= 11 is 2.86. The zero-order valence-corrected chi connectivity index (χ0v) is 18.7. The van der Waals surface area contributed by atoms with Crippen LogP contribution in [-0.4, -0.2) is 52.3 Å². The van der Waals surface area contributed by atoms with Crippen LogP contribution in [0.25, 0.3) is 0 Å². The van der Waals surface area contributed by atoms with Crippen LogP contribution in [0.3, 0.4) is 0 Å². The Labute approximate surface area is 188 Å². The van der Waals surface area contributed by atoms with Crippen LogP contribution in [0.2, 0.25) is 0 Å². The predicted octanol–water partition coefficient (Wildman–Crippen LogP) is 4.40. The highest BCUT2D eigenvalue weighted by atomic mass is 32.1. The Hall–Kier alpha value is -2.94. The second-order valence-corrected chi connectivity index (χ2v) is 9.44. The minimum absolute atomic E-state index is 0.0711. The molecule has 0 radical (unpaired) electrons. The number of hydrogen-bond donors (Lipinski definition) is 2. The number of likely N-dealkylation sites (N-methyl/N-ethyl adjacent to an activating group) is 1. The van der Waals surface area contributed by atoms with Gasteiger partial charge in [-0.2, -0.15) is 0 Å². The van der Waals surface area contributed by atoms with E-state index in [1.165, 1.54) is 23.5 Å². The first-order chi connectivity index (χ1) is 14.9. The van der Waals surface area contributed by atoms with Crippen molar-refractivity contribution in [3.63, 3.8) is 0 Å². The average Bonchev–Trinajstić information content (AvgIpc) is 3.50. The van der Waals surface area contributed by atoms with Crippen molar-refractivity contribution in [2.24, 2.45) is 0 Å². The van der Waals surface area contributed by atoms with Crippen molar-refractivity contribution in [1.29, 1.82) is 0 Å². The van der Waals surface area contributed by atoms with Gasteiger partial charge >= 0.3 is 0 Å². The lowest BCUT2D eigenvalue weighted by atomic mass is 9.95. The topological polar surface area (TPSA) is 81.1 Å². The van der Waals surface area contributed by atoms with Gasteiger partial charge in [0.05, 0.1) is 22.5 Å². The molecule has 0 bridgehead atoms. The van der Waals surface area contributed by atoms with Crippen LogP contribution in [-0.2, 0) is 4.79 Å². The van der Waals surface area contributed by atoms with Crippen molar-refractivity contribution >= 4 is 34.4 Å². The fraction of sp³-hybridized carbons (Fsp3) is 0.217. The summed E-state index contributed by atoms with van der Waals surface area (Å²) in [4.78, 5) is 31.5. The maximum Gasteiger partial charge on any atom is 0.290 e. The number of Topliss-reactive ketones (excluding diaryl/α,β-unsaturated/α-hetero) is 1. The summed E-state index contributed by atoms with van der Waals surface area (Å²) in [6.07, 6.45) is 0. The summed E-state index contributed by atoms with van der Waals surface area (Å²) in [7, 11) is 3.87. The molecule has 4 rings (SSSR count).